The van der Waals surface area contributed by atoms with Crippen molar-refractivity contribution in [1.29, 1.82) is 0 Å². The molecule has 0 saturated heterocycles. The van der Waals surface area contributed by atoms with Crippen LogP contribution < -0.4 is 16.2 Å². The molecule has 4 nitrogen and oxygen atoms in total. The average molecular weight is 887 g/mol. The summed E-state index contributed by atoms with van der Waals surface area (Å²) in [5, 5.41) is 13.8. The first-order chi connectivity index (χ1) is 32.2. The van der Waals surface area contributed by atoms with Crippen molar-refractivity contribution >= 4 is 127 Å². The van der Waals surface area contributed by atoms with E-state index in [0.29, 0.717) is 0 Å². The van der Waals surface area contributed by atoms with Crippen LogP contribution in [-0.4, -0.2) is 11.8 Å². The molecule has 12 aromatic rings. The Morgan fingerprint density at radius 2 is 1.22 bits per heavy atom. The number of nitrogens with zero attached hydrogens (tertiary/aromatic N) is 1. The molecular weight excluding hydrogens is 836 g/mol. The number of rotatable bonds is 3. The van der Waals surface area contributed by atoms with Crippen molar-refractivity contribution in [2.45, 2.75) is 84.5 Å². The van der Waals surface area contributed by atoms with Crippen LogP contribution in [0.5, 0.6) is 0 Å². The van der Waals surface area contributed by atoms with Gasteiger partial charge in [-0.2, -0.15) is 0 Å². The molecule has 0 atom stereocenters. The van der Waals surface area contributed by atoms with Gasteiger partial charge >= 0.3 is 0 Å². The highest BCUT2D eigenvalue weighted by Gasteiger charge is 2.38. The largest absolute Gasteiger partial charge is 0.456 e. The number of aryl methyl sites for hydroxylation is 1. The monoisotopic (exact) mass is 886 g/mol. The maximum absolute atomic E-state index is 6.62. The van der Waals surface area contributed by atoms with Crippen molar-refractivity contribution in [3.05, 3.63) is 150 Å². The Bertz CT molecular complexity index is 4150. The smallest absolute Gasteiger partial charge is 0.198 e. The van der Waals surface area contributed by atoms with E-state index in [2.05, 4.69) is 193 Å². The van der Waals surface area contributed by atoms with Crippen LogP contribution in [0.3, 0.4) is 0 Å². The summed E-state index contributed by atoms with van der Waals surface area (Å²) in [7, 11) is 0.767. The van der Waals surface area contributed by atoms with Gasteiger partial charge in [0.1, 0.15) is 22.3 Å². The van der Waals surface area contributed by atoms with Gasteiger partial charge in [0, 0.05) is 86.7 Å². The number of hydrogen-bond donors (Lipinski definition) is 1. The maximum Gasteiger partial charge on any atom is 0.198 e. The van der Waals surface area contributed by atoms with Crippen LogP contribution in [0.2, 0.25) is 0 Å². The molecular formula is C61H51BN2O2S. The molecule has 0 spiro atoms. The number of benzene rings is 8. The Hall–Kier alpha value is -6.76. The molecule has 0 saturated carbocycles. The van der Waals surface area contributed by atoms with Gasteiger partial charge in [-0.3, -0.25) is 0 Å². The highest BCUT2D eigenvalue weighted by molar-refractivity contribution is 7.25. The quantitative estimate of drug-likeness (QED) is 0.180. The van der Waals surface area contributed by atoms with Gasteiger partial charge in [0.15, 0.2) is 7.28 Å². The lowest BCUT2D eigenvalue weighted by Gasteiger charge is -2.41. The molecule has 2 aliphatic rings. The first-order valence-corrected chi connectivity index (χ1v) is 24.8. The van der Waals surface area contributed by atoms with Gasteiger partial charge in [0.2, 0.25) is 0 Å². The van der Waals surface area contributed by atoms with Crippen molar-refractivity contribution in [1.82, 2.24) is 4.57 Å². The third-order valence-corrected chi connectivity index (χ3v) is 17.0. The molecule has 0 amide bonds. The van der Waals surface area contributed by atoms with Gasteiger partial charge in [0.25, 0.3) is 0 Å². The van der Waals surface area contributed by atoms with E-state index in [0.717, 1.165) is 68.0 Å². The number of aromatic nitrogens is 1. The molecule has 1 aliphatic heterocycles. The van der Waals surface area contributed by atoms with Gasteiger partial charge in [-0.25, -0.2) is 0 Å². The lowest BCUT2D eigenvalue weighted by atomic mass is 9.58. The second kappa shape index (κ2) is 13.2. The number of fused-ring (bicyclic) bond motifs is 15. The minimum absolute atomic E-state index is 0.0654. The fourth-order valence-electron chi connectivity index (χ4n) is 12.1. The number of para-hydroxylation sites is 2. The van der Waals surface area contributed by atoms with Crippen molar-refractivity contribution in [3.8, 4) is 16.8 Å². The predicted molar refractivity (Wildman–Crippen MR) is 289 cm³/mol. The molecule has 0 radical (unpaired) electrons. The normalized spacial score (nSPS) is 15.4. The molecule has 326 valence electrons. The Morgan fingerprint density at radius 3 is 1.93 bits per heavy atom. The first-order valence-electron chi connectivity index (χ1n) is 24.0. The topological polar surface area (TPSA) is 43.2 Å². The van der Waals surface area contributed by atoms with Crippen LogP contribution in [0, 0.1) is 6.92 Å². The maximum atomic E-state index is 6.62. The summed E-state index contributed by atoms with van der Waals surface area (Å²) in [5.41, 5.74) is 20.4. The molecule has 8 aromatic carbocycles. The van der Waals surface area contributed by atoms with Crippen molar-refractivity contribution in [2.75, 3.05) is 5.32 Å². The molecule has 0 fully saturated rings. The molecule has 0 bridgehead atoms. The van der Waals surface area contributed by atoms with Crippen LogP contribution in [-0.2, 0) is 16.2 Å². The van der Waals surface area contributed by atoms with Crippen molar-refractivity contribution in [2.24, 2.45) is 0 Å². The van der Waals surface area contributed by atoms with E-state index >= 15 is 0 Å². The zero-order valence-corrected chi connectivity index (χ0v) is 40.2. The summed E-state index contributed by atoms with van der Waals surface area (Å²) >= 11 is 1.93. The highest BCUT2D eigenvalue weighted by Crippen LogP contribution is 2.51. The van der Waals surface area contributed by atoms with Crippen LogP contribution in [0.25, 0.3) is 103 Å². The van der Waals surface area contributed by atoms with Crippen molar-refractivity contribution < 1.29 is 8.83 Å². The van der Waals surface area contributed by atoms with Gasteiger partial charge in [-0.1, -0.05) is 109 Å². The summed E-state index contributed by atoms with van der Waals surface area (Å²) in [6.07, 6.45) is 2.39. The molecule has 67 heavy (non-hydrogen) atoms. The number of furan rings is 2. The minimum Gasteiger partial charge on any atom is -0.456 e. The van der Waals surface area contributed by atoms with Crippen LogP contribution in [0.15, 0.2) is 136 Å². The third-order valence-electron chi connectivity index (χ3n) is 15.9. The van der Waals surface area contributed by atoms with E-state index in [1.165, 1.54) is 99.3 Å². The number of anilines is 2. The molecule has 14 rings (SSSR count). The summed E-state index contributed by atoms with van der Waals surface area (Å²) in [6.45, 7) is 18.9. The lowest BCUT2D eigenvalue weighted by Crippen LogP contribution is -2.37. The second-order valence-electron chi connectivity index (χ2n) is 22.1. The van der Waals surface area contributed by atoms with E-state index in [4.69, 9.17) is 8.83 Å². The Balaban J connectivity index is 1.08. The predicted octanol–water partition coefficient (Wildman–Crippen LogP) is 16.0. The lowest BCUT2D eigenvalue weighted by molar-refractivity contribution is 0.332. The number of nitrogens with one attached hydrogen (secondary N) is 1. The molecule has 0 unspecified atom stereocenters. The van der Waals surface area contributed by atoms with Gasteiger partial charge < -0.3 is 18.7 Å². The standard InChI is InChI=1S/C61H51BN2O2S/c1-32-23-42(37-24-40-41-26-44-45(61(7,8)22-21-60(44,5)6)28-54(41)67-55(40)30-47(37)63-34-19-17-33(18-20-34)59(2,3)4)57-58-56(32)43-25-38-35-13-9-11-15-50(35)66-53(38)31-48(43)64(58)49-27-39-36-14-10-12-16-51(36)65-52(39)29-46(49)62-57/h9-20,23-31,62-63H,21-22H2,1-8H3. The zero-order valence-electron chi connectivity index (χ0n) is 39.4. The fourth-order valence-corrected chi connectivity index (χ4v) is 13.3. The first kappa shape index (κ1) is 39.4. The van der Waals surface area contributed by atoms with Crippen molar-refractivity contribution in [3.63, 3.8) is 0 Å². The summed E-state index contributed by atoms with van der Waals surface area (Å²) in [6, 6.07) is 47.9. The summed E-state index contributed by atoms with van der Waals surface area (Å²) < 4.78 is 18.4. The van der Waals surface area contributed by atoms with E-state index < -0.39 is 0 Å². The molecule has 1 N–H and O–H groups in total. The van der Waals surface area contributed by atoms with Crippen LogP contribution in [0.1, 0.15) is 83.6 Å². The van der Waals surface area contributed by atoms with E-state index in [1.54, 1.807) is 0 Å². The zero-order chi connectivity index (χ0) is 45.5. The second-order valence-corrected chi connectivity index (χ2v) is 23.2. The number of hydrogen-bond acceptors (Lipinski definition) is 4. The third kappa shape index (κ3) is 5.60. The average Bonchev–Trinajstić information content (AvgIpc) is 4.05. The summed E-state index contributed by atoms with van der Waals surface area (Å²) in [4.78, 5) is 0. The van der Waals surface area contributed by atoms with Crippen LogP contribution >= 0.6 is 11.3 Å². The fraction of sp³-hybridized carbons (Fsp3) is 0.213. The molecule has 5 heterocycles. The van der Waals surface area contributed by atoms with Gasteiger partial charge in [-0.05, 0) is 136 Å². The number of thiophene rings is 1. The Labute approximate surface area is 394 Å². The van der Waals surface area contributed by atoms with Gasteiger partial charge in [-0.15, -0.1) is 11.3 Å². The van der Waals surface area contributed by atoms with E-state index in [9.17, 15) is 0 Å². The Kier molecular flexibility index (Phi) is 7.78. The van der Waals surface area contributed by atoms with E-state index in [-0.39, 0.29) is 16.2 Å². The molecule has 4 aromatic heterocycles. The van der Waals surface area contributed by atoms with Gasteiger partial charge in [0.05, 0.1) is 5.52 Å². The molecule has 6 heteroatoms. The highest BCUT2D eigenvalue weighted by atomic mass is 32.1. The SMILES string of the molecule is Cc1cc(-c2cc3c(cc2Nc2ccc(C(C)(C)C)cc2)sc2cc4c(cc23)C(C)(C)CCC4(C)C)c2c3c1c1cc4c(cc1n3-c1cc3c(cc1B2)oc1ccccc13)oc1ccccc14. The van der Waals surface area contributed by atoms with E-state index in [1.807, 2.05) is 11.3 Å². The van der Waals surface area contributed by atoms with Crippen LogP contribution in [0.4, 0.5) is 11.4 Å². The minimum atomic E-state index is 0.0654. The molecule has 1 aliphatic carbocycles. The Morgan fingerprint density at radius 1 is 0.597 bits per heavy atom. The summed E-state index contributed by atoms with van der Waals surface area (Å²) in [5.74, 6) is 0.